The topological polar surface area (TPSA) is 170 Å². The lowest BCUT2D eigenvalue weighted by atomic mass is 10.1. The van der Waals surface area contributed by atoms with Crippen LogP contribution in [0.2, 0.25) is 0 Å². The van der Waals surface area contributed by atoms with Crippen molar-refractivity contribution in [3.05, 3.63) is 76.3 Å². The number of hydrogen-bond acceptors (Lipinski definition) is 9. The zero-order valence-electron chi connectivity index (χ0n) is 22.3. The number of halogens is 2. The molecule has 3 N–H and O–H groups in total. The van der Waals surface area contributed by atoms with Crippen LogP contribution in [-0.4, -0.2) is 66.0 Å². The number of pyridine rings is 2. The standard InChI is InChI=1S/C26H27F2N7O5S2/c1-41(37,38)34-10-7-19(8-11-34)32-26-31-14-18-12-21(23(27)28)25(36)35(24(18)33-26)15-16-2-4-17(5-3-16)22-13-20(6-9-30-22)42(29,39)40/h2-6,9,12-14,19,23H,7-8,10-11,15H2,1H3,(H2,29,39,40)(H,31,32,33). The summed E-state index contributed by atoms with van der Waals surface area (Å²) in [5.41, 5.74) is 0.120. The molecule has 0 aliphatic carbocycles. The largest absolute Gasteiger partial charge is 0.351 e. The number of sulfonamides is 2. The molecular weight excluding hydrogens is 592 g/mol. The molecule has 1 fully saturated rings. The maximum Gasteiger partial charge on any atom is 0.269 e. The zero-order valence-corrected chi connectivity index (χ0v) is 23.9. The number of nitrogens with zero attached hydrogens (tertiary/aromatic N) is 5. The number of hydrogen-bond donors (Lipinski definition) is 2. The van der Waals surface area contributed by atoms with Crippen LogP contribution in [0.3, 0.4) is 0 Å². The van der Waals surface area contributed by atoms with E-state index in [1.165, 1.54) is 28.8 Å². The average molecular weight is 620 g/mol. The van der Waals surface area contributed by atoms with Gasteiger partial charge in [-0.05, 0) is 36.6 Å². The van der Waals surface area contributed by atoms with Crippen LogP contribution in [0.4, 0.5) is 14.7 Å². The molecule has 0 spiro atoms. The van der Waals surface area contributed by atoms with E-state index in [1.807, 2.05) is 0 Å². The Hall–Kier alpha value is -3.86. The first-order valence-electron chi connectivity index (χ1n) is 12.8. The number of piperidine rings is 1. The summed E-state index contributed by atoms with van der Waals surface area (Å²) in [7, 11) is -7.21. The number of rotatable bonds is 8. The molecule has 12 nitrogen and oxygen atoms in total. The first-order valence-corrected chi connectivity index (χ1v) is 16.2. The quantitative estimate of drug-likeness (QED) is 0.300. The van der Waals surface area contributed by atoms with E-state index in [1.54, 1.807) is 24.3 Å². The van der Waals surface area contributed by atoms with E-state index in [9.17, 15) is 30.4 Å². The van der Waals surface area contributed by atoms with Crippen LogP contribution in [0, 0.1) is 0 Å². The highest BCUT2D eigenvalue weighted by molar-refractivity contribution is 7.89. The van der Waals surface area contributed by atoms with Gasteiger partial charge < -0.3 is 5.32 Å². The third kappa shape index (κ3) is 6.46. The van der Waals surface area contributed by atoms with Crippen molar-refractivity contribution in [3.63, 3.8) is 0 Å². The average Bonchev–Trinajstić information content (AvgIpc) is 2.94. The second kappa shape index (κ2) is 11.4. The monoisotopic (exact) mass is 619 g/mol. The van der Waals surface area contributed by atoms with Gasteiger partial charge in [-0.1, -0.05) is 24.3 Å². The van der Waals surface area contributed by atoms with Gasteiger partial charge in [-0.2, -0.15) is 4.98 Å². The predicted molar refractivity (Wildman–Crippen MR) is 152 cm³/mol. The summed E-state index contributed by atoms with van der Waals surface area (Å²) < 4.78 is 77.1. The second-order valence-electron chi connectivity index (χ2n) is 9.96. The normalized spacial score (nSPS) is 15.4. The molecule has 1 aromatic carbocycles. The minimum Gasteiger partial charge on any atom is -0.351 e. The van der Waals surface area contributed by atoms with Crippen LogP contribution in [0.15, 0.2) is 64.5 Å². The molecule has 0 saturated carbocycles. The molecule has 0 atom stereocenters. The number of anilines is 1. The van der Waals surface area contributed by atoms with Crippen LogP contribution >= 0.6 is 0 Å². The van der Waals surface area contributed by atoms with Crippen molar-refractivity contribution < 1.29 is 25.6 Å². The van der Waals surface area contributed by atoms with Gasteiger partial charge in [0, 0.05) is 42.5 Å². The van der Waals surface area contributed by atoms with Crippen LogP contribution < -0.4 is 16.0 Å². The van der Waals surface area contributed by atoms with E-state index >= 15 is 0 Å². The van der Waals surface area contributed by atoms with E-state index in [2.05, 4.69) is 20.3 Å². The van der Waals surface area contributed by atoms with Crippen molar-refractivity contribution in [2.24, 2.45) is 5.14 Å². The predicted octanol–water partition coefficient (Wildman–Crippen LogP) is 2.32. The molecule has 0 radical (unpaired) electrons. The highest BCUT2D eigenvalue weighted by Gasteiger charge is 2.26. The molecule has 0 bridgehead atoms. The molecule has 5 rings (SSSR count). The van der Waals surface area contributed by atoms with Crippen LogP contribution in [-0.2, 0) is 26.6 Å². The van der Waals surface area contributed by atoms with Crippen LogP contribution in [0.1, 0.15) is 30.4 Å². The van der Waals surface area contributed by atoms with Gasteiger partial charge >= 0.3 is 0 Å². The van der Waals surface area contributed by atoms with Gasteiger partial charge in [0.15, 0.2) is 0 Å². The number of nitrogens with two attached hydrogens (primary N) is 1. The maximum absolute atomic E-state index is 13.8. The van der Waals surface area contributed by atoms with E-state index in [0.717, 1.165) is 16.9 Å². The summed E-state index contributed by atoms with van der Waals surface area (Å²) in [5.74, 6) is 0.189. The smallest absolute Gasteiger partial charge is 0.269 e. The van der Waals surface area contributed by atoms with Gasteiger partial charge in [-0.25, -0.2) is 40.0 Å². The number of fused-ring (bicyclic) bond motifs is 1. The lowest BCUT2D eigenvalue weighted by Gasteiger charge is -2.30. The molecule has 1 aliphatic rings. The summed E-state index contributed by atoms with van der Waals surface area (Å²) >= 11 is 0. The van der Waals surface area contributed by atoms with Gasteiger partial charge in [0.25, 0.3) is 12.0 Å². The van der Waals surface area contributed by atoms with Gasteiger partial charge in [0.05, 0.1) is 29.0 Å². The lowest BCUT2D eigenvalue weighted by molar-refractivity contribution is 0.149. The molecule has 16 heteroatoms. The third-order valence-electron chi connectivity index (χ3n) is 7.00. The summed E-state index contributed by atoms with van der Waals surface area (Å²) in [4.78, 5) is 25.9. The summed E-state index contributed by atoms with van der Waals surface area (Å²) in [6, 6.07) is 10.3. The molecule has 222 valence electrons. The number of benzene rings is 1. The Bertz CT molecular complexity index is 1910. The maximum atomic E-state index is 13.8. The zero-order chi connectivity index (χ0) is 30.2. The molecule has 4 aromatic rings. The van der Waals surface area contributed by atoms with Crippen molar-refractivity contribution in [1.82, 2.24) is 23.8 Å². The van der Waals surface area contributed by atoms with Crippen molar-refractivity contribution in [1.29, 1.82) is 0 Å². The Morgan fingerprint density at radius 2 is 1.74 bits per heavy atom. The van der Waals surface area contributed by atoms with E-state index in [0.29, 0.717) is 42.8 Å². The fourth-order valence-corrected chi connectivity index (χ4v) is 6.18. The Kier molecular flexibility index (Phi) is 8.06. The third-order valence-corrected chi connectivity index (χ3v) is 9.21. The first-order chi connectivity index (χ1) is 19.8. The summed E-state index contributed by atoms with van der Waals surface area (Å²) in [6.45, 7) is 0.596. The Morgan fingerprint density at radius 3 is 2.36 bits per heavy atom. The summed E-state index contributed by atoms with van der Waals surface area (Å²) in [6.07, 6.45) is 1.89. The lowest BCUT2D eigenvalue weighted by Crippen LogP contribution is -2.42. The fourth-order valence-electron chi connectivity index (χ4n) is 4.78. The summed E-state index contributed by atoms with van der Waals surface area (Å²) in [5, 5.41) is 8.63. The minimum atomic E-state index is -3.92. The molecule has 0 amide bonds. The SMILES string of the molecule is CS(=O)(=O)N1CCC(Nc2ncc3cc(C(F)F)c(=O)n(Cc4ccc(-c5cc(S(N)(=O)=O)ccn5)cc4)c3n2)CC1. The highest BCUT2D eigenvalue weighted by atomic mass is 32.2. The van der Waals surface area contributed by atoms with Crippen molar-refractivity contribution in [2.75, 3.05) is 24.7 Å². The van der Waals surface area contributed by atoms with Crippen LogP contribution in [0.25, 0.3) is 22.3 Å². The van der Waals surface area contributed by atoms with Gasteiger partial charge in [-0.3, -0.25) is 14.3 Å². The first kappa shape index (κ1) is 29.6. The molecular formula is C26H27F2N7O5S2. The Morgan fingerprint density at radius 1 is 1.05 bits per heavy atom. The van der Waals surface area contributed by atoms with Crippen molar-refractivity contribution in [2.45, 2.75) is 36.7 Å². The number of nitrogens with one attached hydrogen (secondary N) is 1. The second-order valence-corrected chi connectivity index (χ2v) is 13.5. The van der Waals surface area contributed by atoms with E-state index in [-0.39, 0.29) is 34.5 Å². The highest BCUT2D eigenvalue weighted by Crippen LogP contribution is 2.24. The number of primary sulfonamides is 1. The van der Waals surface area contributed by atoms with Crippen molar-refractivity contribution >= 4 is 37.0 Å². The minimum absolute atomic E-state index is 0.0793. The Balaban J connectivity index is 1.44. The van der Waals surface area contributed by atoms with Gasteiger partial charge in [0.1, 0.15) is 5.65 Å². The molecule has 42 heavy (non-hydrogen) atoms. The molecule has 0 unspecified atom stereocenters. The molecule has 1 aliphatic heterocycles. The fraction of sp³-hybridized carbons (Fsp3) is 0.308. The van der Waals surface area contributed by atoms with Crippen molar-refractivity contribution in [3.8, 4) is 11.3 Å². The van der Waals surface area contributed by atoms with E-state index < -0.39 is 37.6 Å². The van der Waals surface area contributed by atoms with E-state index in [4.69, 9.17) is 5.14 Å². The Labute approximate surface area is 240 Å². The number of aromatic nitrogens is 4. The molecule has 4 heterocycles. The molecule has 3 aromatic heterocycles. The van der Waals surface area contributed by atoms with Gasteiger partial charge in [0.2, 0.25) is 26.0 Å². The van der Waals surface area contributed by atoms with Crippen LogP contribution in [0.5, 0.6) is 0 Å². The molecule has 1 saturated heterocycles. The number of alkyl halides is 2. The van der Waals surface area contributed by atoms with Gasteiger partial charge in [-0.15, -0.1) is 0 Å².